The second-order valence-corrected chi connectivity index (χ2v) is 18.2. The first-order valence-corrected chi connectivity index (χ1v) is 13.9. The van der Waals surface area contributed by atoms with Crippen molar-refractivity contribution in [2.45, 2.75) is 45.6 Å². The van der Waals surface area contributed by atoms with E-state index >= 15 is 0 Å². The van der Waals surface area contributed by atoms with E-state index in [1.807, 2.05) is 0 Å². The number of hydrogen-bond donors (Lipinski definition) is 0. The molecule has 0 saturated carbocycles. The molecule has 0 radical (unpaired) electrons. The molecule has 0 aromatic heterocycles. The molecular formula is C8H19Tl. The van der Waals surface area contributed by atoms with Crippen LogP contribution >= 0.6 is 0 Å². The molecular weight excluding hydrogens is 300 g/mol. The zero-order valence-electron chi connectivity index (χ0n) is 7.11. The molecule has 0 spiro atoms. The third-order valence-corrected chi connectivity index (χ3v) is 15.9. The molecule has 0 bridgehead atoms. The molecule has 0 N–H and O–H groups in total. The maximum atomic E-state index is 2.39. The predicted octanol–water partition coefficient (Wildman–Crippen LogP) is 3.32. The summed E-state index contributed by atoms with van der Waals surface area (Å²) in [5, 5.41) is 0. The van der Waals surface area contributed by atoms with Gasteiger partial charge in [-0.15, -0.1) is 0 Å². The van der Waals surface area contributed by atoms with Crippen LogP contribution in [-0.2, 0) is 0 Å². The van der Waals surface area contributed by atoms with Crippen LogP contribution < -0.4 is 0 Å². The van der Waals surface area contributed by atoms with E-state index in [9.17, 15) is 0 Å². The van der Waals surface area contributed by atoms with E-state index in [-0.39, 0.29) is 0 Å². The van der Waals surface area contributed by atoms with Gasteiger partial charge < -0.3 is 0 Å². The Bertz CT molecular complexity index is 48.5. The van der Waals surface area contributed by atoms with Crippen molar-refractivity contribution >= 4 is 22.7 Å². The molecule has 0 amide bonds. The Morgan fingerprint density at radius 2 is 1.56 bits per heavy atom. The normalized spacial score (nSPS) is 9.67. The number of unbranched alkanes of at least 4 members (excludes halogenated alkanes) is 1. The molecule has 0 aromatic carbocycles. The molecule has 0 saturated heterocycles. The van der Waals surface area contributed by atoms with E-state index in [1.54, 1.807) is 11.9 Å². The summed E-state index contributed by atoms with van der Waals surface area (Å²) in [5.74, 6) is 0. The fraction of sp³-hybridized carbons (Fsp3) is 1.00. The molecule has 0 aromatic rings. The predicted molar refractivity (Wildman–Crippen MR) is 46.4 cm³/mol. The summed E-state index contributed by atoms with van der Waals surface area (Å²) in [6.07, 6.45) is 2.93. The van der Waals surface area contributed by atoms with Gasteiger partial charge >= 0.3 is 68.3 Å². The van der Waals surface area contributed by atoms with Crippen molar-refractivity contribution in [1.29, 1.82) is 0 Å². The van der Waals surface area contributed by atoms with E-state index in [0.29, 0.717) is 0 Å². The third kappa shape index (κ3) is 5.37. The van der Waals surface area contributed by atoms with Crippen molar-refractivity contribution < 1.29 is 0 Å². The van der Waals surface area contributed by atoms with Gasteiger partial charge in [0.15, 0.2) is 0 Å². The molecule has 54 valence electrons. The summed E-state index contributed by atoms with van der Waals surface area (Å²) in [6, 6.07) is 0. The number of rotatable bonds is 5. The molecule has 0 aliphatic carbocycles. The van der Waals surface area contributed by atoms with Crippen molar-refractivity contribution in [2.24, 2.45) is 0 Å². The van der Waals surface area contributed by atoms with E-state index < -0.39 is 22.7 Å². The second kappa shape index (κ2) is 7.03. The number of hydrogen-bond acceptors (Lipinski definition) is 0. The van der Waals surface area contributed by atoms with Gasteiger partial charge in [-0.05, 0) is 0 Å². The first kappa shape index (κ1) is 9.92. The zero-order chi connectivity index (χ0) is 7.11. The monoisotopic (exact) mass is 320 g/mol. The van der Waals surface area contributed by atoms with Gasteiger partial charge in [0, 0.05) is 0 Å². The Balaban J connectivity index is 3.09. The average molecular weight is 320 g/mol. The van der Waals surface area contributed by atoms with Gasteiger partial charge in [-0.2, -0.15) is 0 Å². The molecule has 0 aliphatic rings. The van der Waals surface area contributed by atoms with Crippen molar-refractivity contribution in [3.05, 3.63) is 0 Å². The van der Waals surface area contributed by atoms with Crippen molar-refractivity contribution in [2.75, 3.05) is 0 Å². The summed E-state index contributed by atoms with van der Waals surface area (Å²) in [7, 11) is 0. The van der Waals surface area contributed by atoms with Gasteiger partial charge in [0.05, 0.1) is 0 Å². The van der Waals surface area contributed by atoms with E-state index in [2.05, 4.69) is 20.8 Å². The summed E-state index contributed by atoms with van der Waals surface area (Å²) in [6.45, 7) is 7.09. The molecule has 0 fully saturated rings. The Kier molecular flexibility index (Phi) is 7.75. The quantitative estimate of drug-likeness (QED) is 0.682. The molecule has 1 heteroatoms. The van der Waals surface area contributed by atoms with Gasteiger partial charge in [0.1, 0.15) is 0 Å². The van der Waals surface area contributed by atoms with Crippen molar-refractivity contribution in [3.8, 4) is 0 Å². The minimum atomic E-state index is -0.938. The fourth-order valence-corrected chi connectivity index (χ4v) is 10.4. The zero-order valence-corrected chi connectivity index (χ0v) is 11.6. The Morgan fingerprint density at radius 3 is 1.89 bits per heavy atom. The van der Waals surface area contributed by atoms with E-state index in [4.69, 9.17) is 0 Å². The van der Waals surface area contributed by atoms with Crippen LogP contribution in [-0.4, -0.2) is 22.7 Å². The van der Waals surface area contributed by atoms with Gasteiger partial charge in [0.25, 0.3) is 0 Å². The minimum absolute atomic E-state index is 0.938. The Morgan fingerprint density at radius 1 is 1.00 bits per heavy atom. The molecule has 9 heavy (non-hydrogen) atoms. The molecule has 0 rings (SSSR count). The van der Waals surface area contributed by atoms with Crippen molar-refractivity contribution in [3.63, 3.8) is 0 Å². The standard InChI is InChI=1S/C4H9.2C2H5.Tl/c1-3-4-2;2*1-2;/h1,3-4H2,2H3;2*1H2,2H3;. The maximum absolute atomic E-state index is 2.39. The van der Waals surface area contributed by atoms with Crippen LogP contribution in [0.2, 0.25) is 11.9 Å². The van der Waals surface area contributed by atoms with Crippen LogP contribution in [0.25, 0.3) is 0 Å². The summed E-state index contributed by atoms with van der Waals surface area (Å²) in [4.78, 5) is 0. The first-order chi connectivity index (χ1) is 4.35. The summed E-state index contributed by atoms with van der Waals surface area (Å²) >= 11 is -0.938. The van der Waals surface area contributed by atoms with Gasteiger partial charge in [-0.3, -0.25) is 0 Å². The van der Waals surface area contributed by atoms with Crippen LogP contribution in [0.5, 0.6) is 0 Å². The van der Waals surface area contributed by atoms with E-state index in [1.165, 1.54) is 12.8 Å². The van der Waals surface area contributed by atoms with Crippen molar-refractivity contribution in [1.82, 2.24) is 0 Å². The molecule has 0 nitrogen and oxygen atoms in total. The average Bonchev–Trinajstić information content (AvgIpc) is 1.91. The van der Waals surface area contributed by atoms with Gasteiger partial charge in [-0.25, -0.2) is 0 Å². The Labute approximate surface area is 68.2 Å². The summed E-state index contributed by atoms with van der Waals surface area (Å²) in [5.41, 5.74) is 0. The molecule has 0 atom stereocenters. The first-order valence-electron chi connectivity index (χ1n) is 4.35. The van der Waals surface area contributed by atoms with Crippen LogP contribution in [0.1, 0.15) is 33.6 Å². The van der Waals surface area contributed by atoms with Crippen LogP contribution in [0.4, 0.5) is 0 Å². The summed E-state index contributed by atoms with van der Waals surface area (Å²) < 4.78 is 4.86. The van der Waals surface area contributed by atoms with Gasteiger partial charge in [-0.1, -0.05) is 0 Å². The third-order valence-electron chi connectivity index (χ3n) is 2.12. The fourth-order valence-electron chi connectivity index (χ4n) is 1.19. The molecule has 0 heterocycles. The molecule has 0 unspecified atom stereocenters. The van der Waals surface area contributed by atoms with Crippen LogP contribution in [0.3, 0.4) is 0 Å². The molecule has 0 aliphatic heterocycles. The Hall–Kier alpha value is 0.922. The van der Waals surface area contributed by atoms with Gasteiger partial charge in [0.2, 0.25) is 0 Å². The second-order valence-electron chi connectivity index (χ2n) is 2.82. The van der Waals surface area contributed by atoms with Crippen LogP contribution in [0.15, 0.2) is 0 Å². The van der Waals surface area contributed by atoms with Crippen LogP contribution in [0, 0.1) is 0 Å². The SMILES string of the molecule is CCC[CH2][Tl]([CH2]C)[CH2]C. The van der Waals surface area contributed by atoms with E-state index in [0.717, 1.165) is 0 Å². The topological polar surface area (TPSA) is 0 Å².